The van der Waals surface area contributed by atoms with Crippen molar-refractivity contribution in [3.63, 3.8) is 0 Å². The molecule has 1 atom stereocenters. The SMILES string of the molecule is C=CCN(CC=C)C(=O)C(C)NC(=O)OC(C)(C)C. The van der Waals surface area contributed by atoms with Crippen LogP contribution in [0, 0.1) is 0 Å². The molecule has 0 aromatic rings. The normalized spacial score (nSPS) is 12.2. The fourth-order valence-electron chi connectivity index (χ4n) is 1.39. The number of carbonyl (C=O) groups is 2. The van der Waals surface area contributed by atoms with Crippen LogP contribution in [-0.2, 0) is 9.53 Å². The van der Waals surface area contributed by atoms with Crippen molar-refractivity contribution in [3.05, 3.63) is 25.3 Å². The summed E-state index contributed by atoms with van der Waals surface area (Å²) in [5.74, 6) is -0.203. The third-order valence-corrected chi connectivity index (χ3v) is 2.11. The molecule has 108 valence electrons. The highest BCUT2D eigenvalue weighted by Gasteiger charge is 2.23. The minimum absolute atomic E-state index is 0.203. The van der Waals surface area contributed by atoms with Crippen molar-refractivity contribution in [2.75, 3.05) is 13.1 Å². The van der Waals surface area contributed by atoms with Crippen molar-refractivity contribution in [3.8, 4) is 0 Å². The van der Waals surface area contributed by atoms with Gasteiger partial charge in [0.25, 0.3) is 0 Å². The molecule has 0 spiro atoms. The lowest BCUT2D eigenvalue weighted by Crippen LogP contribution is -2.48. The fraction of sp³-hybridized carbons (Fsp3) is 0.571. The van der Waals surface area contributed by atoms with E-state index in [1.165, 1.54) is 0 Å². The first kappa shape index (κ1) is 17.2. The smallest absolute Gasteiger partial charge is 0.408 e. The molecule has 0 rings (SSSR count). The second kappa shape index (κ2) is 7.61. The standard InChI is InChI=1S/C14H24N2O3/c1-7-9-16(10-8-2)12(17)11(3)15-13(18)19-14(4,5)6/h7-8,11H,1-2,9-10H2,3-6H3,(H,15,18). The average Bonchev–Trinajstić information content (AvgIpc) is 2.25. The Labute approximate surface area is 115 Å². The van der Waals surface area contributed by atoms with Gasteiger partial charge in [-0.1, -0.05) is 12.2 Å². The summed E-state index contributed by atoms with van der Waals surface area (Å²) < 4.78 is 5.10. The average molecular weight is 268 g/mol. The summed E-state index contributed by atoms with van der Waals surface area (Å²) in [5.41, 5.74) is -0.589. The number of nitrogens with zero attached hydrogens (tertiary/aromatic N) is 1. The minimum atomic E-state index is -0.658. The Morgan fingerprint density at radius 2 is 1.74 bits per heavy atom. The summed E-state index contributed by atoms with van der Waals surface area (Å²) >= 11 is 0. The molecular formula is C14H24N2O3. The van der Waals surface area contributed by atoms with Gasteiger partial charge in [0.2, 0.25) is 5.91 Å². The van der Waals surface area contributed by atoms with Crippen LogP contribution in [0.5, 0.6) is 0 Å². The Morgan fingerprint density at radius 1 is 1.26 bits per heavy atom. The molecule has 0 radical (unpaired) electrons. The summed E-state index contributed by atoms with van der Waals surface area (Å²) in [6.45, 7) is 14.9. The fourth-order valence-corrected chi connectivity index (χ4v) is 1.39. The van der Waals surface area contributed by atoms with Gasteiger partial charge in [-0.3, -0.25) is 4.79 Å². The van der Waals surface area contributed by atoms with Gasteiger partial charge in [0.05, 0.1) is 0 Å². The molecule has 0 aliphatic heterocycles. The molecule has 0 aromatic heterocycles. The first-order valence-corrected chi connectivity index (χ1v) is 6.21. The highest BCUT2D eigenvalue weighted by Crippen LogP contribution is 2.07. The summed E-state index contributed by atoms with van der Waals surface area (Å²) in [7, 11) is 0. The molecule has 5 nitrogen and oxygen atoms in total. The van der Waals surface area contributed by atoms with E-state index in [1.54, 1.807) is 44.7 Å². The van der Waals surface area contributed by atoms with Crippen molar-refractivity contribution >= 4 is 12.0 Å². The van der Waals surface area contributed by atoms with Crippen LogP contribution in [0.1, 0.15) is 27.7 Å². The van der Waals surface area contributed by atoms with Gasteiger partial charge >= 0.3 is 6.09 Å². The van der Waals surface area contributed by atoms with Crippen LogP contribution in [-0.4, -0.2) is 41.6 Å². The molecule has 0 aromatic carbocycles. The number of hydrogen-bond acceptors (Lipinski definition) is 3. The lowest BCUT2D eigenvalue weighted by molar-refractivity contribution is -0.132. The Balaban J connectivity index is 4.50. The Bertz CT molecular complexity index is 335. The quantitative estimate of drug-likeness (QED) is 0.750. The summed E-state index contributed by atoms with van der Waals surface area (Å²) in [4.78, 5) is 25.2. The van der Waals surface area contributed by atoms with E-state index >= 15 is 0 Å². The van der Waals surface area contributed by atoms with Crippen LogP contribution in [0.2, 0.25) is 0 Å². The zero-order valence-corrected chi connectivity index (χ0v) is 12.2. The molecule has 5 heteroatoms. The van der Waals surface area contributed by atoms with E-state index in [4.69, 9.17) is 4.74 Å². The molecule has 1 unspecified atom stereocenters. The van der Waals surface area contributed by atoms with Gasteiger partial charge in [-0.25, -0.2) is 4.79 Å². The highest BCUT2D eigenvalue weighted by molar-refractivity contribution is 5.85. The maximum absolute atomic E-state index is 12.1. The predicted molar refractivity (Wildman–Crippen MR) is 75.8 cm³/mol. The van der Waals surface area contributed by atoms with Crippen molar-refractivity contribution in [2.45, 2.75) is 39.3 Å². The maximum atomic E-state index is 12.1. The van der Waals surface area contributed by atoms with Crippen LogP contribution in [0.25, 0.3) is 0 Å². The van der Waals surface area contributed by atoms with Crippen LogP contribution in [0.4, 0.5) is 4.79 Å². The lowest BCUT2D eigenvalue weighted by atomic mass is 10.2. The van der Waals surface area contributed by atoms with E-state index in [9.17, 15) is 9.59 Å². The van der Waals surface area contributed by atoms with Crippen LogP contribution in [0.3, 0.4) is 0 Å². The first-order valence-electron chi connectivity index (χ1n) is 6.21. The molecule has 2 amide bonds. The predicted octanol–water partition coefficient (Wildman–Crippen LogP) is 2.10. The number of carbonyl (C=O) groups excluding carboxylic acids is 2. The first-order chi connectivity index (χ1) is 8.71. The third-order valence-electron chi connectivity index (χ3n) is 2.11. The molecule has 0 aliphatic carbocycles. The maximum Gasteiger partial charge on any atom is 0.408 e. The number of ether oxygens (including phenoxy) is 1. The van der Waals surface area contributed by atoms with Crippen LogP contribution in [0.15, 0.2) is 25.3 Å². The zero-order chi connectivity index (χ0) is 15.1. The van der Waals surface area contributed by atoms with E-state index in [0.29, 0.717) is 13.1 Å². The number of nitrogens with one attached hydrogen (secondary N) is 1. The van der Waals surface area contributed by atoms with E-state index in [2.05, 4.69) is 18.5 Å². The largest absolute Gasteiger partial charge is 0.444 e. The second-order valence-electron chi connectivity index (χ2n) is 5.19. The van der Waals surface area contributed by atoms with Gasteiger partial charge in [0.15, 0.2) is 0 Å². The number of amides is 2. The molecular weight excluding hydrogens is 244 g/mol. The highest BCUT2D eigenvalue weighted by atomic mass is 16.6. The van der Waals surface area contributed by atoms with E-state index in [0.717, 1.165) is 0 Å². The molecule has 0 saturated carbocycles. The van der Waals surface area contributed by atoms with Gasteiger partial charge in [-0.05, 0) is 27.7 Å². The molecule has 0 bridgehead atoms. The van der Waals surface area contributed by atoms with Gasteiger partial charge in [-0.2, -0.15) is 0 Å². The number of rotatable bonds is 6. The molecule has 1 N–H and O–H groups in total. The van der Waals surface area contributed by atoms with E-state index in [1.807, 2.05) is 0 Å². The third kappa shape index (κ3) is 7.28. The van der Waals surface area contributed by atoms with Crippen molar-refractivity contribution < 1.29 is 14.3 Å². The number of hydrogen-bond donors (Lipinski definition) is 1. The van der Waals surface area contributed by atoms with Crippen molar-refractivity contribution in [1.29, 1.82) is 0 Å². The minimum Gasteiger partial charge on any atom is -0.444 e. The monoisotopic (exact) mass is 268 g/mol. The molecule has 0 aliphatic rings. The van der Waals surface area contributed by atoms with Crippen molar-refractivity contribution in [1.82, 2.24) is 10.2 Å². The summed E-state index contributed by atoms with van der Waals surface area (Å²) in [5, 5.41) is 2.51. The second-order valence-corrected chi connectivity index (χ2v) is 5.19. The Hall–Kier alpha value is -1.78. The number of alkyl carbamates (subject to hydrolysis) is 1. The molecule has 0 heterocycles. The van der Waals surface area contributed by atoms with E-state index in [-0.39, 0.29) is 5.91 Å². The van der Waals surface area contributed by atoms with Crippen LogP contribution < -0.4 is 5.32 Å². The Kier molecular flexibility index (Phi) is 6.90. The summed E-state index contributed by atoms with van der Waals surface area (Å²) in [6, 6.07) is -0.658. The topological polar surface area (TPSA) is 58.6 Å². The van der Waals surface area contributed by atoms with Gasteiger partial charge in [0.1, 0.15) is 11.6 Å². The van der Waals surface area contributed by atoms with E-state index < -0.39 is 17.7 Å². The molecule has 0 fully saturated rings. The molecule has 19 heavy (non-hydrogen) atoms. The summed E-state index contributed by atoms with van der Waals surface area (Å²) in [6.07, 6.45) is 2.65. The van der Waals surface area contributed by atoms with Gasteiger partial charge < -0.3 is 15.0 Å². The zero-order valence-electron chi connectivity index (χ0n) is 12.2. The Morgan fingerprint density at radius 3 is 2.11 bits per heavy atom. The lowest BCUT2D eigenvalue weighted by Gasteiger charge is -2.25. The van der Waals surface area contributed by atoms with Gasteiger partial charge in [0, 0.05) is 13.1 Å². The van der Waals surface area contributed by atoms with Gasteiger partial charge in [-0.15, -0.1) is 13.2 Å². The van der Waals surface area contributed by atoms with Crippen LogP contribution >= 0.6 is 0 Å². The molecule has 0 saturated heterocycles. The van der Waals surface area contributed by atoms with Crippen molar-refractivity contribution in [2.24, 2.45) is 0 Å².